The Bertz CT molecular complexity index is 83.1. The molecule has 0 heterocycles. The fraction of sp³-hybridized carbons (Fsp3) is 1.00. The summed E-state index contributed by atoms with van der Waals surface area (Å²) in [6.07, 6.45) is 0. The summed E-state index contributed by atoms with van der Waals surface area (Å²) in [5.41, 5.74) is -0.716. The number of alkyl halides is 1. The Morgan fingerprint density at radius 2 is 1.90 bits per heavy atom. The topological polar surface area (TPSA) is 49.7 Å². The van der Waals surface area contributed by atoms with Crippen molar-refractivity contribution in [2.45, 2.75) is 6.92 Å². The molecule has 0 aliphatic heterocycles. The highest BCUT2D eigenvalue weighted by molar-refractivity contribution is 4.70. The maximum Gasteiger partial charge on any atom is 0.188 e. The van der Waals surface area contributed by atoms with E-state index in [4.69, 9.17) is 10.2 Å². The molecule has 0 rings (SSSR count). The van der Waals surface area contributed by atoms with Gasteiger partial charge in [0.05, 0.1) is 19.8 Å². The van der Waals surface area contributed by atoms with Crippen LogP contribution >= 0.6 is 0 Å². The van der Waals surface area contributed by atoms with Gasteiger partial charge in [-0.3, -0.25) is 0 Å². The van der Waals surface area contributed by atoms with Crippen LogP contribution in [0.25, 0.3) is 0 Å². The normalized spacial score (nSPS) is 12.0. The van der Waals surface area contributed by atoms with E-state index in [0.717, 1.165) is 0 Å². The van der Waals surface area contributed by atoms with Gasteiger partial charge in [0.1, 0.15) is 0 Å². The monoisotopic (exact) mass is 152 g/mol. The second-order valence-electron chi connectivity index (χ2n) is 2.58. The summed E-state index contributed by atoms with van der Waals surface area (Å²) >= 11 is 0. The second-order valence-corrected chi connectivity index (χ2v) is 2.58. The molecule has 0 aromatic heterocycles. The Hall–Kier alpha value is -0.190. The lowest BCUT2D eigenvalue weighted by Gasteiger charge is -2.22. The van der Waals surface area contributed by atoms with Crippen molar-refractivity contribution in [3.63, 3.8) is 0 Å². The first-order chi connectivity index (χ1) is 4.68. The van der Waals surface area contributed by atoms with E-state index in [0.29, 0.717) is 0 Å². The average Bonchev–Trinajstić information content (AvgIpc) is 2.00. The second kappa shape index (κ2) is 4.60. The zero-order valence-corrected chi connectivity index (χ0v) is 6.01. The van der Waals surface area contributed by atoms with Crippen LogP contribution in [-0.2, 0) is 4.74 Å². The minimum Gasteiger partial charge on any atom is -0.396 e. The van der Waals surface area contributed by atoms with Crippen molar-refractivity contribution in [3.8, 4) is 0 Å². The van der Waals surface area contributed by atoms with E-state index in [1.54, 1.807) is 6.92 Å². The maximum atomic E-state index is 11.4. The summed E-state index contributed by atoms with van der Waals surface area (Å²) in [6, 6.07) is 0. The van der Waals surface area contributed by atoms with Gasteiger partial charge >= 0.3 is 0 Å². The number of ether oxygens (including phenoxy) is 1. The SMILES string of the molecule is CC(CO)(CO)COCF. The largest absolute Gasteiger partial charge is 0.396 e. The van der Waals surface area contributed by atoms with E-state index in [1.807, 2.05) is 0 Å². The summed E-state index contributed by atoms with van der Waals surface area (Å²) in [5.74, 6) is 0. The van der Waals surface area contributed by atoms with Crippen LogP contribution in [0.5, 0.6) is 0 Å². The van der Waals surface area contributed by atoms with E-state index in [-0.39, 0.29) is 19.8 Å². The summed E-state index contributed by atoms with van der Waals surface area (Å²) in [7, 11) is 0. The number of hydrogen-bond donors (Lipinski definition) is 2. The predicted molar refractivity (Wildman–Crippen MR) is 34.2 cm³/mol. The molecular weight excluding hydrogens is 139 g/mol. The van der Waals surface area contributed by atoms with Crippen LogP contribution in [0.15, 0.2) is 0 Å². The van der Waals surface area contributed by atoms with Gasteiger partial charge in [-0.1, -0.05) is 6.92 Å². The molecular formula is C6H13FO3. The summed E-state index contributed by atoms with van der Waals surface area (Å²) in [4.78, 5) is 0. The molecule has 0 bridgehead atoms. The van der Waals surface area contributed by atoms with Crippen LogP contribution in [0.2, 0.25) is 0 Å². The lowest BCUT2D eigenvalue weighted by Crippen LogP contribution is -2.31. The van der Waals surface area contributed by atoms with Crippen LogP contribution in [0.1, 0.15) is 6.92 Å². The molecule has 62 valence electrons. The highest BCUT2D eigenvalue weighted by Crippen LogP contribution is 2.13. The molecule has 0 aromatic carbocycles. The van der Waals surface area contributed by atoms with E-state index in [9.17, 15) is 4.39 Å². The van der Waals surface area contributed by atoms with Crippen molar-refractivity contribution in [1.29, 1.82) is 0 Å². The zero-order chi connectivity index (χ0) is 8.04. The van der Waals surface area contributed by atoms with Gasteiger partial charge in [-0.2, -0.15) is 0 Å². The summed E-state index contributed by atoms with van der Waals surface area (Å²) < 4.78 is 15.8. The molecule has 0 fully saturated rings. The molecule has 0 saturated heterocycles. The molecule has 10 heavy (non-hydrogen) atoms. The molecule has 4 heteroatoms. The molecule has 0 aromatic rings. The number of halogens is 1. The number of aliphatic hydroxyl groups is 2. The lowest BCUT2D eigenvalue weighted by atomic mass is 9.95. The Kier molecular flexibility index (Phi) is 4.51. The van der Waals surface area contributed by atoms with Gasteiger partial charge in [-0.25, -0.2) is 4.39 Å². The van der Waals surface area contributed by atoms with Crippen molar-refractivity contribution in [3.05, 3.63) is 0 Å². The van der Waals surface area contributed by atoms with Crippen LogP contribution in [0, 0.1) is 5.41 Å². The van der Waals surface area contributed by atoms with Gasteiger partial charge in [0.15, 0.2) is 6.86 Å². The third kappa shape index (κ3) is 3.10. The standard InChI is InChI=1S/C6H13FO3/c1-6(2-8,3-9)4-10-5-7/h8-9H,2-5H2,1H3. The van der Waals surface area contributed by atoms with Crippen molar-refractivity contribution >= 4 is 0 Å². The molecule has 0 radical (unpaired) electrons. The van der Waals surface area contributed by atoms with Gasteiger partial charge in [-0.05, 0) is 0 Å². The Morgan fingerprint density at radius 1 is 1.40 bits per heavy atom. The lowest BCUT2D eigenvalue weighted by molar-refractivity contribution is -0.0421. The fourth-order valence-electron chi connectivity index (χ4n) is 0.426. The van der Waals surface area contributed by atoms with Crippen LogP contribution < -0.4 is 0 Å². The maximum absolute atomic E-state index is 11.4. The predicted octanol–water partition coefficient (Wildman–Crippen LogP) is -0.0791. The van der Waals surface area contributed by atoms with E-state index in [2.05, 4.69) is 4.74 Å². The van der Waals surface area contributed by atoms with Crippen molar-refractivity contribution in [2.75, 3.05) is 26.7 Å². The fourth-order valence-corrected chi connectivity index (χ4v) is 0.426. The third-order valence-electron chi connectivity index (χ3n) is 1.29. The van der Waals surface area contributed by atoms with Gasteiger partial charge in [0.25, 0.3) is 0 Å². The highest BCUT2D eigenvalue weighted by atomic mass is 19.1. The van der Waals surface area contributed by atoms with E-state index >= 15 is 0 Å². The Labute approximate surface area is 59.4 Å². The molecule has 0 unspecified atom stereocenters. The van der Waals surface area contributed by atoms with E-state index in [1.165, 1.54) is 0 Å². The van der Waals surface area contributed by atoms with Crippen LogP contribution in [0.3, 0.4) is 0 Å². The van der Waals surface area contributed by atoms with Gasteiger partial charge in [-0.15, -0.1) is 0 Å². The van der Waals surface area contributed by atoms with Gasteiger partial charge < -0.3 is 14.9 Å². The highest BCUT2D eigenvalue weighted by Gasteiger charge is 2.22. The number of rotatable bonds is 5. The number of aliphatic hydroxyl groups excluding tert-OH is 2. The number of hydrogen-bond acceptors (Lipinski definition) is 3. The van der Waals surface area contributed by atoms with Crippen molar-refractivity contribution in [2.24, 2.45) is 5.41 Å². The Balaban J connectivity index is 3.58. The minimum atomic E-state index is -0.879. The molecule has 0 aliphatic rings. The quantitative estimate of drug-likeness (QED) is 0.579. The van der Waals surface area contributed by atoms with Gasteiger partial charge in [0.2, 0.25) is 0 Å². The van der Waals surface area contributed by atoms with Crippen molar-refractivity contribution < 1.29 is 19.3 Å². The van der Waals surface area contributed by atoms with Crippen LogP contribution in [0.4, 0.5) is 4.39 Å². The van der Waals surface area contributed by atoms with Crippen molar-refractivity contribution in [1.82, 2.24) is 0 Å². The first kappa shape index (κ1) is 9.81. The van der Waals surface area contributed by atoms with Gasteiger partial charge in [0, 0.05) is 5.41 Å². The average molecular weight is 152 g/mol. The first-order valence-corrected chi connectivity index (χ1v) is 3.04. The molecule has 0 saturated carbocycles. The molecule has 0 amide bonds. The molecule has 0 aliphatic carbocycles. The zero-order valence-electron chi connectivity index (χ0n) is 6.01. The third-order valence-corrected chi connectivity index (χ3v) is 1.29. The molecule has 3 nitrogen and oxygen atoms in total. The van der Waals surface area contributed by atoms with Crippen LogP contribution in [-0.4, -0.2) is 36.9 Å². The summed E-state index contributed by atoms with van der Waals surface area (Å²) in [6.45, 7) is 0.363. The summed E-state index contributed by atoms with van der Waals surface area (Å²) in [5, 5.41) is 17.3. The molecule has 2 N–H and O–H groups in total. The minimum absolute atomic E-state index is 0.0382. The smallest absolute Gasteiger partial charge is 0.188 e. The molecule has 0 spiro atoms. The van der Waals surface area contributed by atoms with E-state index < -0.39 is 12.3 Å². The first-order valence-electron chi connectivity index (χ1n) is 3.04. The molecule has 0 atom stereocenters. The Morgan fingerprint density at radius 3 is 2.20 bits per heavy atom.